The van der Waals surface area contributed by atoms with Crippen molar-refractivity contribution in [3.63, 3.8) is 0 Å². The first-order valence-corrected chi connectivity index (χ1v) is 8.69. The molecular formula is C23H18F2O3. The first kappa shape index (κ1) is 19.4. The fourth-order valence-corrected chi connectivity index (χ4v) is 2.74. The van der Waals surface area contributed by atoms with Gasteiger partial charge >= 0.3 is 5.97 Å². The topological polar surface area (TPSA) is 43.4 Å². The van der Waals surface area contributed by atoms with Crippen LogP contribution in [0.4, 0.5) is 8.78 Å². The first-order chi connectivity index (χ1) is 13.4. The van der Waals surface area contributed by atoms with Crippen LogP contribution in [-0.2, 0) is 4.74 Å². The molecule has 1 atom stereocenters. The predicted octanol–water partition coefficient (Wildman–Crippen LogP) is 5.36. The van der Waals surface area contributed by atoms with Gasteiger partial charge in [0.2, 0.25) is 5.78 Å². The van der Waals surface area contributed by atoms with E-state index in [1.54, 1.807) is 48.5 Å². The number of esters is 1. The summed E-state index contributed by atoms with van der Waals surface area (Å²) < 4.78 is 33.2. The molecule has 0 aromatic heterocycles. The number of carbonyl (C=O) groups is 2. The summed E-state index contributed by atoms with van der Waals surface area (Å²) in [7, 11) is 0. The normalized spacial score (nSPS) is 11.7. The van der Waals surface area contributed by atoms with Crippen molar-refractivity contribution in [2.45, 2.75) is 20.0 Å². The van der Waals surface area contributed by atoms with E-state index in [9.17, 15) is 18.4 Å². The Morgan fingerprint density at radius 3 is 1.82 bits per heavy atom. The third kappa shape index (κ3) is 4.14. The maximum Gasteiger partial charge on any atom is 0.345 e. The lowest BCUT2D eigenvalue weighted by molar-refractivity contribution is 0.0270. The molecule has 1 unspecified atom stereocenters. The number of halogens is 2. The number of Topliss-reactive ketones (excluding diaryl/α,β-unsaturated/α-hetero) is 1. The van der Waals surface area contributed by atoms with Crippen molar-refractivity contribution in [1.29, 1.82) is 0 Å². The Kier molecular flexibility index (Phi) is 5.64. The highest BCUT2D eigenvalue weighted by atomic mass is 19.1. The second-order valence-corrected chi connectivity index (χ2v) is 6.52. The van der Waals surface area contributed by atoms with Gasteiger partial charge in [-0.2, -0.15) is 0 Å². The monoisotopic (exact) mass is 380 g/mol. The molecule has 0 heterocycles. The second kappa shape index (κ2) is 8.13. The Hall–Kier alpha value is -3.34. The van der Waals surface area contributed by atoms with Gasteiger partial charge in [0.25, 0.3) is 0 Å². The van der Waals surface area contributed by atoms with Crippen LogP contribution >= 0.6 is 0 Å². The average molecular weight is 380 g/mol. The zero-order valence-corrected chi connectivity index (χ0v) is 15.4. The Balaban J connectivity index is 1.99. The van der Waals surface area contributed by atoms with Gasteiger partial charge in [0, 0.05) is 11.1 Å². The molecule has 0 aliphatic carbocycles. The number of aryl methyl sites for hydroxylation is 2. The maximum atomic E-state index is 13.9. The summed E-state index contributed by atoms with van der Waals surface area (Å²) in [5, 5.41) is 0. The minimum absolute atomic E-state index is 0.331. The molecule has 3 aromatic carbocycles. The molecule has 0 amide bonds. The van der Waals surface area contributed by atoms with Crippen LogP contribution in [0.1, 0.15) is 43.5 Å². The number of benzene rings is 3. The number of rotatable bonds is 5. The van der Waals surface area contributed by atoms with E-state index in [-0.39, 0.29) is 0 Å². The van der Waals surface area contributed by atoms with E-state index < -0.39 is 35.1 Å². The van der Waals surface area contributed by atoms with Crippen molar-refractivity contribution < 1.29 is 23.1 Å². The van der Waals surface area contributed by atoms with Crippen LogP contribution in [0.3, 0.4) is 0 Å². The summed E-state index contributed by atoms with van der Waals surface area (Å²) in [6.07, 6.45) is -1.32. The third-order valence-corrected chi connectivity index (χ3v) is 4.35. The minimum atomic E-state index is -1.32. The lowest BCUT2D eigenvalue weighted by Gasteiger charge is -2.18. The van der Waals surface area contributed by atoms with Gasteiger partial charge in [-0.05, 0) is 26.0 Å². The molecule has 3 nitrogen and oxygen atoms in total. The van der Waals surface area contributed by atoms with Crippen LogP contribution in [0.15, 0.2) is 66.7 Å². The van der Waals surface area contributed by atoms with Crippen molar-refractivity contribution >= 4 is 11.8 Å². The van der Waals surface area contributed by atoms with Gasteiger partial charge in [-0.15, -0.1) is 0 Å². The lowest BCUT2D eigenvalue weighted by atomic mass is 9.98. The van der Waals surface area contributed by atoms with Crippen molar-refractivity contribution in [2.24, 2.45) is 0 Å². The fraction of sp³-hybridized carbons (Fsp3) is 0.130. The number of ether oxygens (including phenoxy) is 1. The van der Waals surface area contributed by atoms with E-state index in [1.807, 2.05) is 13.8 Å². The van der Waals surface area contributed by atoms with Crippen molar-refractivity contribution in [3.8, 4) is 0 Å². The van der Waals surface area contributed by atoms with Gasteiger partial charge in [0.05, 0.1) is 0 Å². The third-order valence-electron chi connectivity index (χ3n) is 4.35. The number of ketones is 1. The van der Waals surface area contributed by atoms with Crippen LogP contribution in [0.5, 0.6) is 0 Å². The van der Waals surface area contributed by atoms with E-state index in [0.29, 0.717) is 11.1 Å². The molecule has 5 heteroatoms. The Labute approximate surface area is 161 Å². The lowest BCUT2D eigenvalue weighted by Crippen LogP contribution is -2.21. The predicted molar refractivity (Wildman–Crippen MR) is 101 cm³/mol. The molecule has 0 saturated carbocycles. The minimum Gasteiger partial charge on any atom is -0.445 e. The van der Waals surface area contributed by atoms with Crippen LogP contribution in [0, 0.1) is 25.5 Å². The van der Waals surface area contributed by atoms with Gasteiger partial charge in [-0.25, -0.2) is 13.6 Å². The van der Waals surface area contributed by atoms with Crippen LogP contribution < -0.4 is 0 Å². The number of carbonyl (C=O) groups excluding carboxylic acids is 2. The summed E-state index contributed by atoms with van der Waals surface area (Å²) in [6, 6.07) is 16.7. The summed E-state index contributed by atoms with van der Waals surface area (Å²) in [4.78, 5) is 25.5. The van der Waals surface area contributed by atoms with E-state index in [4.69, 9.17) is 4.74 Å². The second-order valence-electron chi connectivity index (χ2n) is 6.52. The molecule has 3 rings (SSSR count). The summed E-state index contributed by atoms with van der Waals surface area (Å²) >= 11 is 0. The quantitative estimate of drug-likeness (QED) is 0.442. The highest BCUT2D eigenvalue weighted by molar-refractivity contribution is 6.02. The highest BCUT2D eigenvalue weighted by Crippen LogP contribution is 2.26. The van der Waals surface area contributed by atoms with Crippen LogP contribution in [0.25, 0.3) is 0 Å². The molecule has 0 saturated heterocycles. The van der Waals surface area contributed by atoms with E-state index in [1.165, 1.54) is 0 Å². The fourth-order valence-electron chi connectivity index (χ4n) is 2.74. The number of hydrogen-bond donors (Lipinski definition) is 0. The van der Waals surface area contributed by atoms with Gasteiger partial charge < -0.3 is 4.74 Å². The molecule has 0 aliphatic heterocycles. The Morgan fingerprint density at radius 2 is 1.29 bits per heavy atom. The maximum absolute atomic E-state index is 13.9. The molecule has 0 N–H and O–H groups in total. The first-order valence-electron chi connectivity index (χ1n) is 8.69. The smallest absolute Gasteiger partial charge is 0.345 e. The number of hydrogen-bond acceptors (Lipinski definition) is 3. The van der Waals surface area contributed by atoms with Gasteiger partial charge in [-0.3, -0.25) is 4.79 Å². The molecule has 0 aliphatic rings. The molecule has 3 aromatic rings. The Morgan fingerprint density at radius 1 is 0.786 bits per heavy atom. The SMILES string of the molecule is Cc1ccc(C(=O)C(OC(=O)c2c(F)cccc2F)c2ccc(C)cc2)cc1. The van der Waals surface area contributed by atoms with E-state index >= 15 is 0 Å². The van der Waals surface area contributed by atoms with Crippen molar-refractivity contribution in [3.05, 3.63) is 106 Å². The Bertz CT molecular complexity index is 989. The van der Waals surface area contributed by atoms with Crippen LogP contribution in [-0.4, -0.2) is 11.8 Å². The zero-order chi connectivity index (χ0) is 20.3. The summed E-state index contributed by atoms with van der Waals surface area (Å²) in [5.41, 5.74) is 1.85. The molecule has 28 heavy (non-hydrogen) atoms. The molecule has 0 bridgehead atoms. The molecule has 0 fully saturated rings. The summed E-state index contributed by atoms with van der Waals surface area (Å²) in [5.74, 6) is -3.80. The largest absolute Gasteiger partial charge is 0.445 e. The van der Waals surface area contributed by atoms with Gasteiger partial charge in [0.15, 0.2) is 6.10 Å². The molecule has 0 radical (unpaired) electrons. The average Bonchev–Trinajstić information content (AvgIpc) is 2.67. The zero-order valence-electron chi connectivity index (χ0n) is 15.4. The van der Waals surface area contributed by atoms with Crippen molar-refractivity contribution in [2.75, 3.05) is 0 Å². The molecular weight excluding hydrogens is 362 g/mol. The van der Waals surface area contributed by atoms with E-state index in [0.717, 1.165) is 29.3 Å². The van der Waals surface area contributed by atoms with E-state index in [2.05, 4.69) is 0 Å². The highest BCUT2D eigenvalue weighted by Gasteiger charge is 2.29. The molecule has 142 valence electrons. The standard InChI is InChI=1S/C23H18F2O3/c1-14-6-10-16(11-7-14)21(26)22(17-12-8-15(2)9-13-17)28-23(27)20-18(24)4-3-5-19(20)25/h3-13,22H,1-2H3. The summed E-state index contributed by atoms with van der Waals surface area (Å²) in [6.45, 7) is 3.76. The van der Waals surface area contributed by atoms with Crippen molar-refractivity contribution in [1.82, 2.24) is 0 Å². The van der Waals surface area contributed by atoms with Gasteiger partial charge in [0.1, 0.15) is 17.2 Å². The van der Waals surface area contributed by atoms with Crippen LogP contribution in [0.2, 0.25) is 0 Å². The molecule has 0 spiro atoms. The van der Waals surface area contributed by atoms with Gasteiger partial charge in [-0.1, -0.05) is 65.7 Å².